The molecule has 182 valence electrons. The summed E-state index contributed by atoms with van der Waals surface area (Å²) >= 11 is 6.11. The molecule has 0 atom stereocenters. The lowest BCUT2D eigenvalue weighted by atomic mass is 10.2. The highest BCUT2D eigenvalue weighted by atomic mass is 35.5. The number of ether oxygens (including phenoxy) is 4. The van der Waals surface area contributed by atoms with Crippen molar-refractivity contribution >= 4 is 35.0 Å². The SMILES string of the molecule is COc1cc2c(cc1OCCCN1CCOCC1)C=Nc1c(Nc3cccc(Cl)c3)ncnc1O2. The van der Waals surface area contributed by atoms with Crippen LogP contribution in [0.25, 0.3) is 0 Å². The predicted molar refractivity (Wildman–Crippen MR) is 134 cm³/mol. The minimum absolute atomic E-state index is 0.334. The average molecular weight is 496 g/mol. The zero-order chi connectivity index (χ0) is 24.0. The number of fused-ring (bicyclic) bond motifs is 2. The van der Waals surface area contributed by atoms with Gasteiger partial charge in [-0.3, -0.25) is 4.90 Å². The van der Waals surface area contributed by atoms with Gasteiger partial charge in [-0.05, 0) is 30.7 Å². The maximum atomic E-state index is 6.11. The maximum Gasteiger partial charge on any atom is 0.250 e. The second-order valence-electron chi connectivity index (χ2n) is 8.07. The molecule has 1 fully saturated rings. The second kappa shape index (κ2) is 10.9. The molecule has 5 rings (SSSR count). The Morgan fingerprint density at radius 3 is 2.83 bits per heavy atom. The molecule has 3 heterocycles. The number of nitrogens with zero attached hydrogens (tertiary/aromatic N) is 4. The maximum absolute atomic E-state index is 6.11. The highest BCUT2D eigenvalue weighted by molar-refractivity contribution is 6.30. The lowest BCUT2D eigenvalue weighted by Crippen LogP contribution is -2.37. The van der Waals surface area contributed by atoms with Crippen molar-refractivity contribution in [1.29, 1.82) is 0 Å². The van der Waals surface area contributed by atoms with E-state index in [1.165, 1.54) is 6.33 Å². The summed E-state index contributed by atoms with van der Waals surface area (Å²) in [5.41, 5.74) is 2.01. The van der Waals surface area contributed by atoms with Crippen molar-refractivity contribution in [3.05, 3.63) is 53.3 Å². The van der Waals surface area contributed by atoms with E-state index in [0.29, 0.717) is 46.3 Å². The molecule has 2 aliphatic heterocycles. The second-order valence-corrected chi connectivity index (χ2v) is 8.51. The molecule has 0 radical (unpaired) electrons. The molecule has 0 bridgehead atoms. The van der Waals surface area contributed by atoms with Gasteiger partial charge in [0, 0.05) is 48.2 Å². The van der Waals surface area contributed by atoms with Gasteiger partial charge >= 0.3 is 0 Å². The molecule has 0 amide bonds. The number of hydrogen-bond acceptors (Lipinski definition) is 9. The molecule has 9 nitrogen and oxygen atoms in total. The van der Waals surface area contributed by atoms with Crippen LogP contribution in [-0.4, -0.2) is 67.6 Å². The standard InChI is InChI=1S/C25H26ClN5O4/c1-32-21-14-20-17(12-22(21)34-9-3-6-31-7-10-33-11-8-31)15-27-23-24(28-16-29-25(23)35-20)30-19-5-2-4-18(26)13-19/h2,4-5,12-16H,3,6-11H2,1H3,(H,28,29,30). The van der Waals surface area contributed by atoms with Crippen LogP contribution in [0.2, 0.25) is 5.02 Å². The molecule has 2 aromatic carbocycles. The molecular formula is C25H26ClN5O4. The first kappa shape index (κ1) is 23.3. The summed E-state index contributed by atoms with van der Waals surface area (Å²) in [7, 11) is 1.61. The van der Waals surface area contributed by atoms with Gasteiger partial charge < -0.3 is 24.3 Å². The smallest absolute Gasteiger partial charge is 0.250 e. The molecule has 1 saturated heterocycles. The minimum atomic E-state index is 0.334. The number of rotatable bonds is 8. The Morgan fingerprint density at radius 1 is 1.11 bits per heavy atom. The van der Waals surface area contributed by atoms with Crippen LogP contribution in [0.15, 0.2) is 47.7 Å². The summed E-state index contributed by atoms with van der Waals surface area (Å²) in [5, 5.41) is 3.85. The number of morpholine rings is 1. The van der Waals surface area contributed by atoms with E-state index in [-0.39, 0.29) is 0 Å². The van der Waals surface area contributed by atoms with E-state index in [9.17, 15) is 0 Å². The Bertz CT molecular complexity index is 1220. The quantitative estimate of drug-likeness (QED) is 0.347. The molecule has 2 aliphatic rings. The molecule has 0 saturated carbocycles. The van der Waals surface area contributed by atoms with Crippen LogP contribution in [0.4, 0.5) is 17.2 Å². The third kappa shape index (κ3) is 5.64. The van der Waals surface area contributed by atoms with Crippen molar-refractivity contribution in [2.75, 3.05) is 51.9 Å². The van der Waals surface area contributed by atoms with Crippen molar-refractivity contribution in [3.63, 3.8) is 0 Å². The largest absolute Gasteiger partial charge is 0.493 e. The predicted octanol–water partition coefficient (Wildman–Crippen LogP) is 4.84. The monoisotopic (exact) mass is 495 g/mol. The minimum Gasteiger partial charge on any atom is -0.493 e. The average Bonchev–Trinajstić information content (AvgIpc) is 3.06. The summed E-state index contributed by atoms with van der Waals surface area (Å²) in [5.74, 6) is 2.63. The van der Waals surface area contributed by atoms with Gasteiger partial charge in [-0.15, -0.1) is 0 Å². The molecule has 10 heteroatoms. The number of anilines is 2. The van der Waals surface area contributed by atoms with E-state index in [1.54, 1.807) is 31.5 Å². The van der Waals surface area contributed by atoms with E-state index in [4.69, 9.17) is 30.5 Å². The highest BCUT2D eigenvalue weighted by Crippen LogP contribution is 2.42. The fraction of sp³-hybridized carbons (Fsp3) is 0.320. The highest BCUT2D eigenvalue weighted by Gasteiger charge is 2.20. The third-order valence-corrected chi connectivity index (χ3v) is 5.93. The van der Waals surface area contributed by atoms with Crippen LogP contribution in [0.3, 0.4) is 0 Å². The molecule has 1 N–H and O–H groups in total. The van der Waals surface area contributed by atoms with Crippen molar-refractivity contribution < 1.29 is 18.9 Å². The summed E-state index contributed by atoms with van der Waals surface area (Å²) in [6.07, 6.45) is 4.05. The van der Waals surface area contributed by atoms with Crippen LogP contribution in [0.1, 0.15) is 12.0 Å². The van der Waals surface area contributed by atoms with Crippen LogP contribution in [-0.2, 0) is 4.74 Å². The van der Waals surface area contributed by atoms with Gasteiger partial charge in [0.25, 0.3) is 5.88 Å². The topological polar surface area (TPSA) is 90.3 Å². The normalized spacial score (nSPS) is 14.9. The van der Waals surface area contributed by atoms with E-state index >= 15 is 0 Å². The van der Waals surface area contributed by atoms with Crippen LogP contribution >= 0.6 is 11.6 Å². The van der Waals surface area contributed by atoms with E-state index in [0.717, 1.165) is 50.5 Å². The summed E-state index contributed by atoms with van der Waals surface area (Å²) in [6.45, 7) is 5.06. The zero-order valence-corrected chi connectivity index (χ0v) is 20.1. The molecular weight excluding hydrogens is 470 g/mol. The Labute approximate surface area is 208 Å². The Hall–Kier alpha value is -3.40. The van der Waals surface area contributed by atoms with Crippen molar-refractivity contribution in [2.45, 2.75) is 6.42 Å². The number of nitrogens with one attached hydrogen (secondary N) is 1. The summed E-state index contributed by atoms with van der Waals surface area (Å²) < 4.78 is 23.1. The van der Waals surface area contributed by atoms with Gasteiger partial charge in [-0.25, -0.2) is 9.98 Å². The summed E-state index contributed by atoms with van der Waals surface area (Å²) in [6, 6.07) is 11.0. The number of methoxy groups -OCH3 is 1. The lowest BCUT2D eigenvalue weighted by Gasteiger charge is -2.26. The van der Waals surface area contributed by atoms with Crippen LogP contribution < -0.4 is 19.5 Å². The Balaban J connectivity index is 1.32. The number of aromatic nitrogens is 2. The van der Waals surface area contributed by atoms with Crippen molar-refractivity contribution in [1.82, 2.24) is 14.9 Å². The van der Waals surface area contributed by atoms with E-state index < -0.39 is 0 Å². The molecule has 0 unspecified atom stereocenters. The van der Waals surface area contributed by atoms with Crippen LogP contribution in [0.5, 0.6) is 23.1 Å². The molecule has 0 aliphatic carbocycles. The van der Waals surface area contributed by atoms with Gasteiger partial charge in [0.15, 0.2) is 23.0 Å². The molecule has 1 aromatic heterocycles. The van der Waals surface area contributed by atoms with Gasteiger partial charge in [0.1, 0.15) is 12.1 Å². The number of hydrogen-bond donors (Lipinski definition) is 1. The van der Waals surface area contributed by atoms with Crippen molar-refractivity contribution in [2.24, 2.45) is 4.99 Å². The lowest BCUT2D eigenvalue weighted by molar-refractivity contribution is 0.0357. The fourth-order valence-corrected chi connectivity index (χ4v) is 4.09. The first-order valence-electron chi connectivity index (χ1n) is 11.4. The first-order valence-corrected chi connectivity index (χ1v) is 11.8. The number of halogens is 1. The Kier molecular flexibility index (Phi) is 7.27. The van der Waals surface area contributed by atoms with Gasteiger partial charge in [-0.1, -0.05) is 17.7 Å². The van der Waals surface area contributed by atoms with E-state index in [1.807, 2.05) is 18.2 Å². The van der Waals surface area contributed by atoms with E-state index in [2.05, 4.69) is 25.2 Å². The first-order chi connectivity index (χ1) is 17.2. The van der Waals surface area contributed by atoms with Crippen LogP contribution in [0, 0.1) is 0 Å². The summed E-state index contributed by atoms with van der Waals surface area (Å²) in [4.78, 5) is 15.6. The molecule has 0 spiro atoms. The van der Waals surface area contributed by atoms with Crippen molar-refractivity contribution in [3.8, 4) is 23.1 Å². The zero-order valence-electron chi connectivity index (χ0n) is 19.4. The molecule has 35 heavy (non-hydrogen) atoms. The number of aliphatic imine (C=N–C) groups is 1. The van der Waals surface area contributed by atoms with Gasteiger partial charge in [-0.2, -0.15) is 4.98 Å². The number of benzene rings is 2. The van der Waals surface area contributed by atoms with Gasteiger partial charge in [0.05, 0.1) is 26.9 Å². The fourth-order valence-electron chi connectivity index (χ4n) is 3.90. The van der Waals surface area contributed by atoms with Gasteiger partial charge in [0.2, 0.25) is 0 Å². The molecule has 3 aromatic rings. The third-order valence-electron chi connectivity index (χ3n) is 5.69. The Morgan fingerprint density at radius 2 is 2.00 bits per heavy atom.